The lowest BCUT2D eigenvalue weighted by molar-refractivity contribution is -0.123. The van der Waals surface area contributed by atoms with Gasteiger partial charge in [-0.15, -0.1) is 23.5 Å². The molecule has 2 heterocycles. The molecule has 172 valence electrons. The Morgan fingerprint density at radius 1 is 1.06 bits per heavy atom. The van der Waals surface area contributed by atoms with Crippen molar-refractivity contribution in [1.82, 2.24) is 10.2 Å². The van der Waals surface area contributed by atoms with Crippen LogP contribution in [-0.2, 0) is 4.79 Å². The Balaban J connectivity index is 1.30. The maximum Gasteiger partial charge on any atom is 0.258 e. The van der Waals surface area contributed by atoms with E-state index in [1.54, 1.807) is 7.11 Å². The molecule has 2 aliphatic heterocycles. The minimum Gasteiger partial charge on any atom is -0.496 e. The Bertz CT molecular complexity index is 866. The SMILES string of the molecule is COc1ccccc1C(CNC(=O)COc1ccc(C2SCCCS2)cc1)N1CCCC1. The molecule has 0 aromatic heterocycles. The first-order chi connectivity index (χ1) is 15.7. The van der Waals surface area contributed by atoms with Crippen LogP contribution in [0.2, 0.25) is 0 Å². The summed E-state index contributed by atoms with van der Waals surface area (Å²) in [6.07, 6.45) is 3.67. The molecule has 0 radical (unpaired) electrons. The number of rotatable bonds is 9. The van der Waals surface area contributed by atoms with E-state index in [4.69, 9.17) is 9.47 Å². The van der Waals surface area contributed by atoms with Crippen LogP contribution in [0.3, 0.4) is 0 Å². The van der Waals surface area contributed by atoms with Gasteiger partial charge >= 0.3 is 0 Å². The summed E-state index contributed by atoms with van der Waals surface area (Å²) in [5.41, 5.74) is 2.44. The molecule has 32 heavy (non-hydrogen) atoms. The quantitative estimate of drug-likeness (QED) is 0.560. The number of nitrogens with one attached hydrogen (secondary N) is 1. The summed E-state index contributed by atoms with van der Waals surface area (Å²) < 4.78 is 11.9. The van der Waals surface area contributed by atoms with Crippen LogP contribution >= 0.6 is 23.5 Å². The van der Waals surface area contributed by atoms with Gasteiger partial charge in [-0.25, -0.2) is 0 Å². The van der Waals surface area contributed by atoms with Gasteiger partial charge in [0.25, 0.3) is 5.91 Å². The third kappa shape index (κ3) is 6.15. The third-order valence-electron chi connectivity index (χ3n) is 5.92. The summed E-state index contributed by atoms with van der Waals surface area (Å²) in [4.78, 5) is 15.0. The summed E-state index contributed by atoms with van der Waals surface area (Å²) in [6, 6.07) is 16.4. The summed E-state index contributed by atoms with van der Waals surface area (Å²) in [6.45, 7) is 2.64. The highest BCUT2D eigenvalue weighted by Gasteiger charge is 2.26. The minimum absolute atomic E-state index is 0.0188. The highest BCUT2D eigenvalue weighted by molar-refractivity contribution is 8.16. The van der Waals surface area contributed by atoms with Crippen LogP contribution in [0.1, 0.15) is 41.0 Å². The molecule has 2 fully saturated rings. The normalized spacial score (nSPS) is 18.3. The molecule has 2 aromatic carbocycles. The largest absolute Gasteiger partial charge is 0.496 e. The van der Waals surface area contributed by atoms with Crippen LogP contribution in [0.5, 0.6) is 11.5 Å². The van der Waals surface area contributed by atoms with Crippen molar-refractivity contribution in [2.24, 2.45) is 0 Å². The van der Waals surface area contributed by atoms with Gasteiger partial charge in [-0.1, -0.05) is 30.3 Å². The summed E-state index contributed by atoms with van der Waals surface area (Å²) in [5, 5.41) is 3.07. The number of likely N-dealkylation sites (tertiary alicyclic amines) is 1. The Morgan fingerprint density at radius 3 is 2.50 bits per heavy atom. The first-order valence-corrected chi connectivity index (χ1v) is 13.4. The molecule has 1 atom stereocenters. The number of amides is 1. The van der Waals surface area contributed by atoms with E-state index in [9.17, 15) is 4.79 Å². The monoisotopic (exact) mass is 472 g/mol. The van der Waals surface area contributed by atoms with Gasteiger partial charge < -0.3 is 14.8 Å². The highest BCUT2D eigenvalue weighted by Crippen LogP contribution is 2.43. The van der Waals surface area contributed by atoms with E-state index in [2.05, 4.69) is 28.4 Å². The van der Waals surface area contributed by atoms with E-state index in [0.29, 0.717) is 11.1 Å². The molecule has 7 heteroatoms. The predicted octanol–water partition coefficient (Wildman–Crippen LogP) is 4.90. The van der Waals surface area contributed by atoms with Gasteiger partial charge in [0.15, 0.2) is 6.61 Å². The van der Waals surface area contributed by atoms with E-state index >= 15 is 0 Å². The number of ether oxygens (including phenoxy) is 2. The summed E-state index contributed by atoms with van der Waals surface area (Å²) in [5.74, 6) is 3.94. The van der Waals surface area contributed by atoms with Crippen LogP contribution in [0.15, 0.2) is 48.5 Å². The lowest BCUT2D eigenvalue weighted by atomic mass is 10.0. The van der Waals surface area contributed by atoms with E-state index < -0.39 is 0 Å². The van der Waals surface area contributed by atoms with E-state index in [-0.39, 0.29) is 18.6 Å². The van der Waals surface area contributed by atoms with E-state index in [1.165, 1.54) is 36.3 Å². The second-order valence-corrected chi connectivity index (χ2v) is 10.8. The Kier molecular flexibility index (Phi) is 8.65. The second kappa shape index (κ2) is 11.9. The molecule has 2 saturated heterocycles. The molecular weight excluding hydrogens is 440 g/mol. The average molecular weight is 473 g/mol. The zero-order valence-corrected chi connectivity index (χ0v) is 20.3. The smallest absolute Gasteiger partial charge is 0.258 e. The second-order valence-electron chi connectivity index (χ2n) is 8.09. The minimum atomic E-state index is -0.105. The zero-order valence-electron chi connectivity index (χ0n) is 18.6. The maximum absolute atomic E-state index is 12.5. The molecule has 2 aliphatic rings. The fourth-order valence-corrected chi connectivity index (χ4v) is 7.14. The standard InChI is InChI=1S/C25H32N2O3S2/c1-29-23-8-3-2-7-21(23)22(27-13-4-5-14-27)17-26-24(28)18-30-20-11-9-19(10-12-20)25-31-15-6-16-32-25/h2-3,7-12,22,25H,4-6,13-18H2,1H3,(H,26,28). The van der Waals surface area contributed by atoms with Crippen molar-refractivity contribution in [2.75, 3.05) is 44.9 Å². The van der Waals surface area contributed by atoms with Gasteiger partial charge in [0.1, 0.15) is 11.5 Å². The fraction of sp³-hybridized carbons (Fsp3) is 0.480. The molecule has 1 N–H and O–H groups in total. The lowest BCUT2D eigenvalue weighted by Crippen LogP contribution is -2.38. The molecule has 1 amide bonds. The number of hydrogen-bond donors (Lipinski definition) is 1. The number of nitrogens with zero attached hydrogens (tertiary/aromatic N) is 1. The third-order valence-corrected chi connectivity index (χ3v) is 8.94. The molecule has 5 nitrogen and oxygen atoms in total. The number of carbonyl (C=O) groups excluding carboxylic acids is 1. The first kappa shape index (κ1) is 23.3. The van der Waals surface area contributed by atoms with Gasteiger partial charge in [0, 0.05) is 12.1 Å². The zero-order chi connectivity index (χ0) is 22.2. The molecular formula is C25H32N2O3S2. The van der Waals surface area contributed by atoms with Crippen molar-refractivity contribution >= 4 is 29.4 Å². The molecule has 0 bridgehead atoms. The Labute approximate surface area is 199 Å². The van der Waals surface area contributed by atoms with Crippen molar-refractivity contribution < 1.29 is 14.3 Å². The summed E-state index contributed by atoms with van der Waals surface area (Å²) >= 11 is 4.01. The van der Waals surface area contributed by atoms with E-state index in [1.807, 2.05) is 53.9 Å². The summed E-state index contributed by atoms with van der Waals surface area (Å²) in [7, 11) is 1.70. The number of thioether (sulfide) groups is 2. The van der Waals surface area contributed by atoms with Gasteiger partial charge in [-0.3, -0.25) is 9.69 Å². The van der Waals surface area contributed by atoms with Crippen LogP contribution < -0.4 is 14.8 Å². The van der Waals surface area contributed by atoms with Crippen molar-refractivity contribution in [3.05, 3.63) is 59.7 Å². The highest BCUT2D eigenvalue weighted by atomic mass is 32.2. The topological polar surface area (TPSA) is 50.8 Å². The van der Waals surface area contributed by atoms with Crippen molar-refractivity contribution in [3.63, 3.8) is 0 Å². The van der Waals surface area contributed by atoms with Crippen LogP contribution in [-0.4, -0.2) is 55.7 Å². The molecule has 4 rings (SSSR count). The van der Waals surface area contributed by atoms with E-state index in [0.717, 1.165) is 30.2 Å². The maximum atomic E-state index is 12.5. The number of hydrogen-bond acceptors (Lipinski definition) is 6. The number of benzene rings is 2. The van der Waals surface area contributed by atoms with Crippen molar-refractivity contribution in [2.45, 2.75) is 29.9 Å². The lowest BCUT2D eigenvalue weighted by Gasteiger charge is -2.29. The van der Waals surface area contributed by atoms with Gasteiger partial charge in [0.2, 0.25) is 0 Å². The Morgan fingerprint density at radius 2 is 1.78 bits per heavy atom. The Hall–Kier alpha value is -1.83. The average Bonchev–Trinajstić information content (AvgIpc) is 3.39. The van der Waals surface area contributed by atoms with Gasteiger partial charge in [-0.05, 0) is 67.6 Å². The van der Waals surface area contributed by atoms with Gasteiger partial charge in [0.05, 0.1) is 17.7 Å². The van der Waals surface area contributed by atoms with Crippen molar-refractivity contribution in [3.8, 4) is 11.5 Å². The molecule has 0 saturated carbocycles. The first-order valence-electron chi connectivity index (χ1n) is 11.3. The predicted molar refractivity (Wildman–Crippen MR) is 134 cm³/mol. The van der Waals surface area contributed by atoms with Gasteiger partial charge in [-0.2, -0.15) is 0 Å². The molecule has 0 aliphatic carbocycles. The number of methoxy groups -OCH3 is 1. The van der Waals surface area contributed by atoms with Crippen molar-refractivity contribution in [1.29, 1.82) is 0 Å². The molecule has 2 aromatic rings. The number of para-hydroxylation sites is 1. The molecule has 0 spiro atoms. The fourth-order valence-electron chi connectivity index (χ4n) is 4.24. The van der Waals surface area contributed by atoms with Crippen LogP contribution in [0, 0.1) is 0 Å². The number of carbonyl (C=O) groups is 1. The molecule has 1 unspecified atom stereocenters. The van der Waals surface area contributed by atoms with Crippen LogP contribution in [0.4, 0.5) is 0 Å². The van der Waals surface area contributed by atoms with Crippen LogP contribution in [0.25, 0.3) is 0 Å².